The van der Waals surface area contributed by atoms with Crippen molar-refractivity contribution >= 4 is 5.91 Å². The summed E-state index contributed by atoms with van der Waals surface area (Å²) in [5.41, 5.74) is 2.96. The lowest BCUT2D eigenvalue weighted by Crippen LogP contribution is -2.48. The smallest absolute Gasteiger partial charge is 0.227 e. The molecule has 28 heavy (non-hydrogen) atoms. The molecule has 1 aliphatic rings. The molecule has 3 aromatic rings. The zero-order chi connectivity index (χ0) is 19.5. The molecule has 0 aliphatic carbocycles. The van der Waals surface area contributed by atoms with Crippen LogP contribution in [0.2, 0.25) is 0 Å². The second-order valence-corrected chi connectivity index (χ2v) is 7.20. The SMILES string of the molecule is Cc1nc(CN2CCN(C(=O)Cc3ccc(-n4cccn4)cc3)CC2)oc1C. The normalized spacial score (nSPS) is 15.1. The van der Waals surface area contributed by atoms with E-state index in [4.69, 9.17) is 4.42 Å². The fourth-order valence-electron chi connectivity index (χ4n) is 3.43. The fourth-order valence-corrected chi connectivity index (χ4v) is 3.43. The van der Waals surface area contributed by atoms with Gasteiger partial charge in [-0.15, -0.1) is 0 Å². The number of rotatable bonds is 5. The van der Waals surface area contributed by atoms with Crippen molar-refractivity contribution in [3.63, 3.8) is 0 Å². The molecule has 0 atom stereocenters. The van der Waals surface area contributed by atoms with E-state index in [-0.39, 0.29) is 5.91 Å². The van der Waals surface area contributed by atoms with Crippen LogP contribution < -0.4 is 0 Å². The molecule has 2 aromatic heterocycles. The minimum absolute atomic E-state index is 0.175. The predicted molar refractivity (Wildman–Crippen MR) is 105 cm³/mol. The summed E-state index contributed by atoms with van der Waals surface area (Å²) < 4.78 is 7.47. The predicted octanol–water partition coefficient (Wildman–Crippen LogP) is 2.36. The summed E-state index contributed by atoms with van der Waals surface area (Å²) in [6.45, 7) is 7.75. The zero-order valence-corrected chi connectivity index (χ0v) is 16.3. The highest BCUT2D eigenvalue weighted by molar-refractivity contribution is 5.79. The van der Waals surface area contributed by atoms with Gasteiger partial charge in [0.25, 0.3) is 0 Å². The van der Waals surface area contributed by atoms with Gasteiger partial charge in [-0.25, -0.2) is 9.67 Å². The van der Waals surface area contributed by atoms with Gasteiger partial charge in [0.15, 0.2) is 0 Å². The van der Waals surface area contributed by atoms with Crippen molar-refractivity contribution in [1.82, 2.24) is 24.6 Å². The van der Waals surface area contributed by atoms with E-state index in [0.717, 1.165) is 54.8 Å². The maximum Gasteiger partial charge on any atom is 0.227 e. The molecule has 1 fully saturated rings. The van der Waals surface area contributed by atoms with Crippen molar-refractivity contribution in [3.05, 3.63) is 65.6 Å². The van der Waals surface area contributed by atoms with E-state index >= 15 is 0 Å². The minimum atomic E-state index is 0.175. The average molecular weight is 379 g/mol. The third kappa shape index (κ3) is 4.14. The lowest BCUT2D eigenvalue weighted by molar-refractivity contribution is -0.132. The maximum atomic E-state index is 12.7. The first kappa shape index (κ1) is 18.4. The molecule has 1 saturated heterocycles. The van der Waals surface area contributed by atoms with Gasteiger partial charge >= 0.3 is 0 Å². The molecular weight excluding hydrogens is 354 g/mol. The van der Waals surface area contributed by atoms with E-state index < -0.39 is 0 Å². The average Bonchev–Trinajstić information content (AvgIpc) is 3.33. The Labute approximate surface area is 164 Å². The monoisotopic (exact) mass is 379 g/mol. The topological polar surface area (TPSA) is 67.4 Å². The van der Waals surface area contributed by atoms with Crippen molar-refractivity contribution < 1.29 is 9.21 Å². The first-order valence-corrected chi connectivity index (χ1v) is 9.60. The summed E-state index contributed by atoms with van der Waals surface area (Å²) in [4.78, 5) is 21.3. The van der Waals surface area contributed by atoms with Gasteiger partial charge in [0.05, 0.1) is 24.3 Å². The van der Waals surface area contributed by atoms with Crippen molar-refractivity contribution in [3.8, 4) is 5.69 Å². The standard InChI is InChI=1S/C21H25N5O2/c1-16-17(2)28-20(23-16)15-24-10-12-25(13-11-24)21(27)14-18-4-6-19(7-5-18)26-9-3-8-22-26/h3-9H,10-15H2,1-2H3. The molecule has 1 aliphatic heterocycles. The Morgan fingerprint density at radius 3 is 2.46 bits per heavy atom. The Balaban J connectivity index is 1.28. The molecule has 1 amide bonds. The summed E-state index contributed by atoms with van der Waals surface area (Å²) in [6, 6.07) is 9.87. The van der Waals surface area contributed by atoms with E-state index in [1.54, 1.807) is 6.20 Å². The number of nitrogens with zero attached hydrogens (tertiary/aromatic N) is 5. The van der Waals surface area contributed by atoms with E-state index in [2.05, 4.69) is 15.0 Å². The van der Waals surface area contributed by atoms with Gasteiger partial charge < -0.3 is 9.32 Å². The van der Waals surface area contributed by atoms with Crippen LogP contribution in [-0.2, 0) is 17.8 Å². The lowest BCUT2D eigenvalue weighted by Gasteiger charge is -2.34. The highest BCUT2D eigenvalue weighted by Gasteiger charge is 2.22. The van der Waals surface area contributed by atoms with Gasteiger partial charge in [0.2, 0.25) is 11.8 Å². The molecule has 7 heteroatoms. The molecule has 0 unspecified atom stereocenters. The number of carbonyl (C=O) groups excluding carboxylic acids is 1. The number of oxazole rings is 1. The number of aromatic nitrogens is 3. The Kier molecular flexibility index (Phi) is 5.25. The third-order valence-electron chi connectivity index (χ3n) is 5.22. The number of amides is 1. The Morgan fingerprint density at radius 1 is 1.11 bits per heavy atom. The zero-order valence-electron chi connectivity index (χ0n) is 16.3. The van der Waals surface area contributed by atoms with Crippen molar-refractivity contribution in [2.75, 3.05) is 26.2 Å². The number of aryl methyl sites for hydroxylation is 2. The highest BCUT2D eigenvalue weighted by Crippen LogP contribution is 2.14. The summed E-state index contributed by atoms with van der Waals surface area (Å²) in [5, 5.41) is 4.22. The fraction of sp³-hybridized carbons (Fsp3) is 0.381. The quantitative estimate of drug-likeness (QED) is 0.681. The van der Waals surface area contributed by atoms with E-state index in [1.807, 2.05) is 60.0 Å². The molecule has 0 saturated carbocycles. The molecule has 3 heterocycles. The Morgan fingerprint density at radius 2 is 1.86 bits per heavy atom. The van der Waals surface area contributed by atoms with Crippen molar-refractivity contribution in [2.45, 2.75) is 26.8 Å². The van der Waals surface area contributed by atoms with Crippen LogP contribution >= 0.6 is 0 Å². The molecule has 0 spiro atoms. The molecule has 4 rings (SSSR count). The lowest BCUT2D eigenvalue weighted by atomic mass is 10.1. The van der Waals surface area contributed by atoms with Crippen LogP contribution in [0.4, 0.5) is 0 Å². The van der Waals surface area contributed by atoms with E-state index in [9.17, 15) is 4.79 Å². The summed E-state index contributed by atoms with van der Waals surface area (Å²) in [7, 11) is 0. The van der Waals surface area contributed by atoms with Gasteiger partial charge in [-0.1, -0.05) is 12.1 Å². The van der Waals surface area contributed by atoms with Crippen LogP contribution in [0.15, 0.2) is 47.1 Å². The first-order valence-electron chi connectivity index (χ1n) is 9.60. The van der Waals surface area contributed by atoms with Gasteiger partial charge in [-0.2, -0.15) is 5.10 Å². The third-order valence-corrected chi connectivity index (χ3v) is 5.22. The molecule has 0 N–H and O–H groups in total. The maximum absolute atomic E-state index is 12.7. The van der Waals surface area contributed by atoms with E-state index in [0.29, 0.717) is 13.0 Å². The minimum Gasteiger partial charge on any atom is -0.444 e. The second kappa shape index (κ2) is 7.98. The molecule has 146 valence electrons. The highest BCUT2D eigenvalue weighted by atomic mass is 16.4. The van der Waals surface area contributed by atoms with E-state index in [1.165, 1.54) is 0 Å². The van der Waals surface area contributed by atoms with Crippen LogP contribution in [0, 0.1) is 13.8 Å². The van der Waals surface area contributed by atoms with Crippen LogP contribution in [0.25, 0.3) is 5.69 Å². The molecular formula is C21H25N5O2. The van der Waals surface area contributed by atoms with Crippen LogP contribution in [0.1, 0.15) is 22.9 Å². The Bertz CT molecular complexity index is 903. The van der Waals surface area contributed by atoms with Crippen molar-refractivity contribution in [1.29, 1.82) is 0 Å². The first-order chi connectivity index (χ1) is 13.6. The van der Waals surface area contributed by atoms with Gasteiger partial charge in [0.1, 0.15) is 5.76 Å². The van der Waals surface area contributed by atoms with Gasteiger partial charge in [-0.3, -0.25) is 9.69 Å². The second-order valence-electron chi connectivity index (χ2n) is 7.20. The largest absolute Gasteiger partial charge is 0.444 e. The van der Waals surface area contributed by atoms with Crippen LogP contribution in [0.5, 0.6) is 0 Å². The molecule has 7 nitrogen and oxygen atoms in total. The van der Waals surface area contributed by atoms with Gasteiger partial charge in [-0.05, 0) is 37.6 Å². The van der Waals surface area contributed by atoms with Gasteiger partial charge in [0, 0.05) is 38.6 Å². The number of hydrogen-bond acceptors (Lipinski definition) is 5. The van der Waals surface area contributed by atoms with Crippen LogP contribution in [-0.4, -0.2) is 56.7 Å². The van der Waals surface area contributed by atoms with Crippen LogP contribution in [0.3, 0.4) is 0 Å². The number of benzene rings is 1. The molecule has 0 bridgehead atoms. The van der Waals surface area contributed by atoms with Crippen molar-refractivity contribution in [2.24, 2.45) is 0 Å². The summed E-state index contributed by atoms with van der Waals surface area (Å²) in [6.07, 6.45) is 4.08. The Hall–Kier alpha value is -2.93. The number of piperazine rings is 1. The summed E-state index contributed by atoms with van der Waals surface area (Å²) in [5.74, 6) is 1.81. The molecule has 1 aromatic carbocycles. The number of carbonyl (C=O) groups is 1. The molecule has 0 radical (unpaired) electrons. The number of hydrogen-bond donors (Lipinski definition) is 0. The summed E-state index contributed by atoms with van der Waals surface area (Å²) >= 11 is 0.